The monoisotopic (exact) mass is 280 g/mol. The molecule has 0 fully saturated rings. The Morgan fingerprint density at radius 1 is 1.40 bits per heavy atom. The molecule has 0 bridgehead atoms. The van der Waals surface area contributed by atoms with Gasteiger partial charge in [-0.15, -0.1) is 0 Å². The zero-order chi connectivity index (χ0) is 15.5. The largest absolute Gasteiger partial charge is 0.511 e. The van der Waals surface area contributed by atoms with E-state index in [-0.39, 0.29) is 11.8 Å². The summed E-state index contributed by atoms with van der Waals surface area (Å²) in [5.74, 6) is 0.718. The van der Waals surface area contributed by atoms with Crippen LogP contribution in [0, 0.1) is 5.92 Å². The predicted molar refractivity (Wildman–Crippen MR) is 81.4 cm³/mol. The van der Waals surface area contributed by atoms with Crippen molar-refractivity contribution in [1.82, 2.24) is 5.32 Å². The smallest absolute Gasteiger partial charge is 0.449 e. The first-order valence-corrected chi connectivity index (χ1v) is 6.44. The second kappa shape index (κ2) is 9.86. The Kier molecular flexibility index (Phi) is 8.87. The first kappa shape index (κ1) is 18.0. The molecule has 112 valence electrons. The van der Waals surface area contributed by atoms with Crippen LogP contribution in [0.1, 0.15) is 20.3 Å². The second-order valence-corrected chi connectivity index (χ2v) is 4.72. The molecule has 1 aromatic carbocycles. The highest BCUT2D eigenvalue weighted by molar-refractivity contribution is 5.58. The lowest BCUT2D eigenvalue weighted by molar-refractivity contribution is 0.111. The molecule has 0 spiro atoms. The number of carbonyl (C=O) groups is 1. The van der Waals surface area contributed by atoms with Gasteiger partial charge < -0.3 is 20.9 Å². The Morgan fingerprint density at radius 3 is 2.25 bits per heavy atom. The van der Waals surface area contributed by atoms with Crippen LogP contribution in [-0.2, 0) is 4.74 Å². The highest BCUT2D eigenvalue weighted by Gasteiger charge is 2.15. The number of nitrogens with one attached hydrogen (secondary N) is 1. The fourth-order valence-corrected chi connectivity index (χ4v) is 1.52. The number of rotatable bonds is 5. The molecule has 20 heavy (non-hydrogen) atoms. The summed E-state index contributed by atoms with van der Waals surface area (Å²) >= 11 is 0. The lowest BCUT2D eigenvalue weighted by Gasteiger charge is -2.18. The summed E-state index contributed by atoms with van der Waals surface area (Å²) in [7, 11) is 1.75. The molecule has 1 unspecified atom stereocenters. The molecule has 0 aliphatic carbocycles. The van der Waals surface area contributed by atoms with Gasteiger partial charge in [-0.2, -0.15) is 0 Å². The maximum absolute atomic E-state index is 10.2. The number of para-hydroxylation sites is 1. The van der Waals surface area contributed by atoms with Crippen molar-refractivity contribution >= 4 is 11.8 Å². The number of likely N-dealkylation sites (N-methyl/N-ethyl adjacent to an activating group) is 1. The van der Waals surface area contributed by atoms with E-state index in [9.17, 15) is 4.79 Å². The first-order chi connectivity index (χ1) is 9.36. The van der Waals surface area contributed by atoms with Crippen LogP contribution in [0.3, 0.4) is 0 Å². The number of nitrogens with two attached hydrogens (primary N) is 1. The lowest BCUT2D eigenvalue weighted by Crippen LogP contribution is -2.30. The van der Waals surface area contributed by atoms with Gasteiger partial charge in [0, 0.05) is 5.69 Å². The van der Waals surface area contributed by atoms with Crippen molar-refractivity contribution in [2.75, 3.05) is 12.8 Å². The number of hydrogen-bond donors (Lipinski definition) is 3. The maximum atomic E-state index is 10.2. The number of hydrogen-bond acceptors (Lipinski definition) is 4. The minimum atomic E-state index is -1.31. The van der Waals surface area contributed by atoms with Crippen molar-refractivity contribution < 1.29 is 14.6 Å². The average molecular weight is 280 g/mol. The van der Waals surface area contributed by atoms with Gasteiger partial charge in [-0.05, 0) is 31.5 Å². The van der Waals surface area contributed by atoms with Gasteiger partial charge in [0.2, 0.25) is 0 Å². The van der Waals surface area contributed by atoms with E-state index in [0.717, 1.165) is 12.1 Å². The number of anilines is 1. The van der Waals surface area contributed by atoms with Gasteiger partial charge in [0.25, 0.3) is 0 Å². The highest BCUT2D eigenvalue weighted by Crippen LogP contribution is 2.12. The second-order valence-electron chi connectivity index (χ2n) is 4.72. The summed E-state index contributed by atoms with van der Waals surface area (Å²) in [5.41, 5.74) is 6.18. The van der Waals surface area contributed by atoms with Crippen LogP contribution in [-0.4, -0.2) is 24.4 Å². The molecule has 0 aliphatic rings. The summed E-state index contributed by atoms with van der Waals surface area (Å²) < 4.78 is 4.46. The Labute approximate surface area is 120 Å². The lowest BCUT2D eigenvalue weighted by atomic mass is 10.0. The average Bonchev–Trinajstić information content (AvgIpc) is 2.36. The van der Waals surface area contributed by atoms with Crippen LogP contribution in [0.15, 0.2) is 42.7 Å². The molecule has 5 nitrogen and oxygen atoms in total. The fraction of sp³-hybridized carbons (Fsp3) is 0.400. The zero-order valence-electron chi connectivity index (χ0n) is 12.3. The van der Waals surface area contributed by atoms with Crippen LogP contribution in [0.5, 0.6) is 0 Å². The van der Waals surface area contributed by atoms with E-state index >= 15 is 0 Å². The summed E-state index contributed by atoms with van der Waals surface area (Å²) in [6, 6.07) is 9.39. The van der Waals surface area contributed by atoms with Crippen molar-refractivity contribution in [3.63, 3.8) is 0 Å². The van der Waals surface area contributed by atoms with Gasteiger partial charge in [-0.1, -0.05) is 38.6 Å². The SMILES string of the molecule is C=C(OC(=O)O)C(CC(C)C)NC.Nc1ccccc1. The molecular weight excluding hydrogens is 256 g/mol. The topological polar surface area (TPSA) is 84.6 Å². The van der Waals surface area contributed by atoms with Gasteiger partial charge in [0.1, 0.15) is 5.76 Å². The third-order valence-corrected chi connectivity index (χ3v) is 2.46. The minimum absolute atomic E-state index is 0.101. The Bertz CT molecular complexity index is 405. The van der Waals surface area contributed by atoms with Gasteiger partial charge in [0.15, 0.2) is 0 Å². The van der Waals surface area contributed by atoms with Gasteiger partial charge in [-0.25, -0.2) is 4.79 Å². The van der Waals surface area contributed by atoms with Crippen LogP contribution >= 0.6 is 0 Å². The Hall–Kier alpha value is -2.01. The van der Waals surface area contributed by atoms with E-state index in [0.29, 0.717) is 5.92 Å². The Morgan fingerprint density at radius 2 is 1.95 bits per heavy atom. The number of ether oxygens (including phenoxy) is 1. The minimum Gasteiger partial charge on any atom is -0.449 e. The van der Waals surface area contributed by atoms with Crippen molar-refractivity contribution in [1.29, 1.82) is 0 Å². The van der Waals surface area contributed by atoms with Crippen LogP contribution < -0.4 is 11.1 Å². The summed E-state index contributed by atoms with van der Waals surface area (Å²) in [6.45, 7) is 7.66. The maximum Gasteiger partial charge on any atom is 0.511 e. The Balaban J connectivity index is 0.000000428. The third kappa shape index (κ3) is 8.99. The van der Waals surface area contributed by atoms with Crippen molar-refractivity contribution in [2.45, 2.75) is 26.3 Å². The molecule has 1 rings (SSSR count). The van der Waals surface area contributed by atoms with Crippen LogP contribution in [0.25, 0.3) is 0 Å². The van der Waals surface area contributed by atoms with E-state index < -0.39 is 6.16 Å². The van der Waals surface area contributed by atoms with E-state index in [1.807, 2.05) is 30.3 Å². The quantitative estimate of drug-likeness (QED) is 0.438. The standard InChI is InChI=1S/C9H17NO3.C6H7N/c1-6(2)5-8(10-4)7(3)13-9(11)12;7-6-4-2-1-3-5-6/h6,8,10H,3,5H2,1-2,4H3,(H,11,12);1-5H,7H2. The zero-order valence-corrected chi connectivity index (χ0v) is 12.3. The molecule has 5 heteroatoms. The van der Waals surface area contributed by atoms with E-state index in [1.165, 1.54) is 0 Å². The third-order valence-electron chi connectivity index (χ3n) is 2.46. The summed E-state index contributed by atoms with van der Waals surface area (Å²) in [6.07, 6.45) is -0.503. The molecule has 4 N–H and O–H groups in total. The molecule has 0 saturated carbocycles. The molecular formula is C15H24N2O3. The fourth-order valence-electron chi connectivity index (χ4n) is 1.52. The summed E-state index contributed by atoms with van der Waals surface area (Å²) in [5, 5.41) is 11.3. The van der Waals surface area contributed by atoms with E-state index in [2.05, 4.69) is 30.5 Å². The number of benzene rings is 1. The normalized spacial score (nSPS) is 11.2. The van der Waals surface area contributed by atoms with E-state index in [1.54, 1.807) is 7.05 Å². The molecule has 0 aliphatic heterocycles. The van der Waals surface area contributed by atoms with Gasteiger partial charge in [-0.3, -0.25) is 0 Å². The molecule has 0 saturated heterocycles. The van der Waals surface area contributed by atoms with Crippen LogP contribution in [0.4, 0.5) is 10.5 Å². The molecule has 0 aromatic heterocycles. The molecule has 0 heterocycles. The highest BCUT2D eigenvalue weighted by atomic mass is 16.7. The van der Waals surface area contributed by atoms with Crippen molar-refractivity contribution in [2.24, 2.45) is 5.92 Å². The molecule has 1 aromatic rings. The van der Waals surface area contributed by atoms with Crippen LogP contribution in [0.2, 0.25) is 0 Å². The predicted octanol–water partition coefficient (Wildman–Crippen LogP) is 3.10. The summed E-state index contributed by atoms with van der Waals surface area (Å²) in [4.78, 5) is 10.2. The van der Waals surface area contributed by atoms with Crippen molar-refractivity contribution in [3.8, 4) is 0 Å². The molecule has 0 radical (unpaired) electrons. The van der Waals surface area contributed by atoms with Gasteiger partial charge >= 0.3 is 6.16 Å². The van der Waals surface area contributed by atoms with Crippen molar-refractivity contribution in [3.05, 3.63) is 42.7 Å². The van der Waals surface area contributed by atoms with Gasteiger partial charge in [0.05, 0.1) is 6.04 Å². The first-order valence-electron chi connectivity index (χ1n) is 6.44. The number of carboxylic acid groups (broad SMARTS) is 1. The molecule has 1 atom stereocenters. The molecule has 0 amide bonds. The van der Waals surface area contributed by atoms with E-state index in [4.69, 9.17) is 10.8 Å². The number of nitrogen functional groups attached to an aromatic ring is 1.